The summed E-state index contributed by atoms with van der Waals surface area (Å²) in [5.41, 5.74) is -0.990. The number of carbonyl (C=O) groups is 1. The molecule has 0 aliphatic carbocycles. The molecule has 6 nitrogen and oxygen atoms in total. The molecule has 6 heteroatoms. The van der Waals surface area contributed by atoms with Gasteiger partial charge in [-0.25, -0.2) is 9.67 Å². The minimum absolute atomic E-state index is 0.311. The van der Waals surface area contributed by atoms with E-state index in [-0.39, 0.29) is 0 Å². The van der Waals surface area contributed by atoms with E-state index in [9.17, 15) is 15.0 Å². The fraction of sp³-hybridized carbons (Fsp3) is 0.438. The molecular formula is C16H21N3O3. The number of rotatable bonds is 7. The van der Waals surface area contributed by atoms with Gasteiger partial charge in [-0.15, -0.1) is 0 Å². The summed E-state index contributed by atoms with van der Waals surface area (Å²) in [4.78, 5) is 15.7. The van der Waals surface area contributed by atoms with Gasteiger partial charge in [-0.05, 0) is 18.4 Å². The number of hydrogen-bond acceptors (Lipinski definition) is 4. The van der Waals surface area contributed by atoms with Gasteiger partial charge in [0.05, 0.1) is 12.0 Å². The lowest BCUT2D eigenvalue weighted by molar-refractivity contribution is -0.159. The Labute approximate surface area is 129 Å². The van der Waals surface area contributed by atoms with Crippen LogP contribution in [-0.2, 0) is 10.4 Å². The second kappa shape index (κ2) is 6.70. The Morgan fingerprint density at radius 3 is 2.41 bits per heavy atom. The Morgan fingerprint density at radius 2 is 1.95 bits per heavy atom. The maximum absolute atomic E-state index is 11.7. The molecule has 0 spiro atoms. The van der Waals surface area contributed by atoms with Crippen molar-refractivity contribution in [3.63, 3.8) is 0 Å². The Hall–Kier alpha value is -2.21. The molecule has 2 N–H and O–H groups in total. The molecule has 0 saturated heterocycles. The van der Waals surface area contributed by atoms with E-state index in [2.05, 4.69) is 10.1 Å². The molecule has 3 unspecified atom stereocenters. The van der Waals surface area contributed by atoms with Crippen LogP contribution in [0.1, 0.15) is 38.3 Å². The molecule has 1 heterocycles. The molecule has 118 valence electrons. The number of carboxylic acid groups (broad SMARTS) is 1. The van der Waals surface area contributed by atoms with Gasteiger partial charge in [-0.3, -0.25) is 4.79 Å². The predicted molar refractivity (Wildman–Crippen MR) is 81.1 cm³/mol. The fourth-order valence-electron chi connectivity index (χ4n) is 3.08. The lowest BCUT2D eigenvalue weighted by Gasteiger charge is -2.40. The van der Waals surface area contributed by atoms with Crippen LogP contribution < -0.4 is 0 Å². The first-order valence-electron chi connectivity index (χ1n) is 7.40. The van der Waals surface area contributed by atoms with E-state index < -0.39 is 23.5 Å². The number of benzene rings is 1. The number of aromatic nitrogens is 3. The van der Waals surface area contributed by atoms with Crippen molar-refractivity contribution in [3.05, 3.63) is 48.5 Å². The van der Waals surface area contributed by atoms with Crippen LogP contribution in [0.15, 0.2) is 43.0 Å². The second-order valence-electron chi connectivity index (χ2n) is 5.29. The first-order valence-corrected chi connectivity index (χ1v) is 7.40. The molecule has 22 heavy (non-hydrogen) atoms. The molecule has 0 aliphatic heterocycles. The molecule has 3 atom stereocenters. The highest BCUT2D eigenvalue weighted by Gasteiger charge is 2.48. The summed E-state index contributed by atoms with van der Waals surface area (Å²) in [5.74, 6) is -1.96. The van der Waals surface area contributed by atoms with E-state index in [4.69, 9.17) is 0 Å². The number of nitrogens with zero attached hydrogens (tertiary/aromatic N) is 3. The number of carboxylic acids is 1. The molecule has 2 aromatic rings. The van der Waals surface area contributed by atoms with E-state index in [1.807, 2.05) is 13.0 Å². The minimum Gasteiger partial charge on any atom is -0.481 e. The first kappa shape index (κ1) is 16.2. The average molecular weight is 303 g/mol. The van der Waals surface area contributed by atoms with E-state index in [1.165, 1.54) is 12.7 Å². The summed E-state index contributed by atoms with van der Waals surface area (Å²) in [7, 11) is 0. The van der Waals surface area contributed by atoms with Gasteiger partial charge in [-0.1, -0.05) is 44.2 Å². The van der Waals surface area contributed by atoms with E-state index in [0.717, 1.165) is 0 Å². The molecule has 1 aromatic heterocycles. The molecule has 0 amide bonds. The fourth-order valence-corrected chi connectivity index (χ4v) is 3.08. The molecule has 0 saturated carbocycles. The summed E-state index contributed by atoms with van der Waals surface area (Å²) in [6.45, 7) is 3.66. The van der Waals surface area contributed by atoms with E-state index in [1.54, 1.807) is 35.9 Å². The highest BCUT2D eigenvalue weighted by atomic mass is 16.4. The molecule has 0 radical (unpaired) electrons. The predicted octanol–water partition coefficient (Wildman–Crippen LogP) is 2.23. The average Bonchev–Trinajstić information content (AvgIpc) is 3.03. The largest absolute Gasteiger partial charge is 0.481 e. The zero-order valence-corrected chi connectivity index (χ0v) is 12.8. The Balaban J connectivity index is 2.61. The molecule has 1 aromatic carbocycles. The Bertz CT molecular complexity index is 600. The molecule has 0 bridgehead atoms. The molecule has 0 aliphatic rings. The van der Waals surface area contributed by atoms with Crippen LogP contribution in [0.2, 0.25) is 0 Å². The van der Waals surface area contributed by atoms with E-state index >= 15 is 0 Å². The van der Waals surface area contributed by atoms with Gasteiger partial charge in [0, 0.05) is 0 Å². The van der Waals surface area contributed by atoms with Gasteiger partial charge in [0.15, 0.2) is 0 Å². The van der Waals surface area contributed by atoms with Crippen LogP contribution in [0.3, 0.4) is 0 Å². The monoisotopic (exact) mass is 303 g/mol. The van der Waals surface area contributed by atoms with Crippen molar-refractivity contribution in [2.45, 2.75) is 38.3 Å². The molecular weight excluding hydrogens is 282 g/mol. The Kier molecular flexibility index (Phi) is 4.92. The van der Waals surface area contributed by atoms with Gasteiger partial charge in [0.2, 0.25) is 0 Å². The summed E-state index contributed by atoms with van der Waals surface area (Å²) in [5, 5.41) is 25.2. The maximum atomic E-state index is 11.7. The topological polar surface area (TPSA) is 88.2 Å². The SMILES string of the molecule is CCC(C(=O)O)C(O)(c1ccccc1)C(CC)n1cncn1. The van der Waals surface area contributed by atoms with Gasteiger partial charge in [0.1, 0.15) is 18.3 Å². The lowest BCUT2D eigenvalue weighted by Crippen LogP contribution is -2.46. The van der Waals surface area contributed by atoms with Crippen LogP contribution >= 0.6 is 0 Å². The maximum Gasteiger partial charge on any atom is 0.309 e. The normalized spacial score (nSPS) is 16.7. The highest BCUT2D eigenvalue weighted by Crippen LogP contribution is 2.42. The van der Waals surface area contributed by atoms with Crippen LogP contribution in [0.5, 0.6) is 0 Å². The third-order valence-corrected chi connectivity index (χ3v) is 4.12. The van der Waals surface area contributed by atoms with Crippen LogP contribution in [0.25, 0.3) is 0 Å². The number of aliphatic hydroxyl groups is 1. The quantitative estimate of drug-likeness (QED) is 0.819. The smallest absolute Gasteiger partial charge is 0.309 e. The van der Waals surface area contributed by atoms with Crippen molar-refractivity contribution in [1.82, 2.24) is 14.8 Å². The van der Waals surface area contributed by atoms with Crippen molar-refractivity contribution < 1.29 is 15.0 Å². The van der Waals surface area contributed by atoms with Gasteiger partial charge in [-0.2, -0.15) is 5.10 Å². The molecule has 0 fully saturated rings. The summed E-state index contributed by atoms with van der Waals surface area (Å²) in [6, 6.07) is 8.42. The van der Waals surface area contributed by atoms with Crippen molar-refractivity contribution in [3.8, 4) is 0 Å². The second-order valence-corrected chi connectivity index (χ2v) is 5.29. The summed E-state index contributed by atoms with van der Waals surface area (Å²) >= 11 is 0. The minimum atomic E-state index is -1.57. The zero-order valence-electron chi connectivity index (χ0n) is 12.8. The lowest BCUT2D eigenvalue weighted by atomic mass is 9.73. The highest BCUT2D eigenvalue weighted by molar-refractivity contribution is 5.72. The van der Waals surface area contributed by atoms with Crippen LogP contribution in [0.4, 0.5) is 0 Å². The van der Waals surface area contributed by atoms with Gasteiger partial charge < -0.3 is 10.2 Å². The third kappa shape index (κ3) is 2.74. The Morgan fingerprint density at radius 1 is 1.27 bits per heavy atom. The number of aliphatic carboxylic acids is 1. The van der Waals surface area contributed by atoms with Crippen LogP contribution in [-0.4, -0.2) is 30.9 Å². The van der Waals surface area contributed by atoms with Crippen LogP contribution in [0, 0.1) is 5.92 Å². The number of hydrogen-bond donors (Lipinski definition) is 2. The van der Waals surface area contributed by atoms with Crippen molar-refractivity contribution >= 4 is 5.97 Å². The van der Waals surface area contributed by atoms with Crippen molar-refractivity contribution in [1.29, 1.82) is 0 Å². The van der Waals surface area contributed by atoms with Gasteiger partial charge in [0.25, 0.3) is 0 Å². The molecule has 2 rings (SSSR count). The summed E-state index contributed by atoms with van der Waals surface area (Å²) in [6.07, 6.45) is 3.73. The third-order valence-electron chi connectivity index (χ3n) is 4.12. The standard InChI is InChI=1S/C16H21N3O3/c1-3-13(15(20)21)16(22,12-8-6-5-7-9-12)14(4-2)19-11-17-10-18-19/h5-11,13-14,22H,3-4H2,1-2H3,(H,20,21). The zero-order chi connectivity index (χ0) is 16.2. The van der Waals surface area contributed by atoms with Crippen molar-refractivity contribution in [2.24, 2.45) is 5.92 Å². The first-order chi connectivity index (χ1) is 10.6. The van der Waals surface area contributed by atoms with Gasteiger partial charge >= 0.3 is 5.97 Å². The van der Waals surface area contributed by atoms with E-state index in [0.29, 0.717) is 18.4 Å². The van der Waals surface area contributed by atoms with Crippen molar-refractivity contribution in [2.75, 3.05) is 0 Å². The summed E-state index contributed by atoms with van der Waals surface area (Å²) < 4.78 is 1.54.